The van der Waals surface area contributed by atoms with E-state index >= 15 is 0 Å². The minimum Gasteiger partial charge on any atom is -0.244 e. The molecule has 0 fully saturated rings. The number of pyridine rings is 2. The molecule has 0 spiro atoms. The minimum atomic E-state index is -3.56. The molecule has 0 bridgehead atoms. The first kappa shape index (κ1) is 9.79. The molecular weight excluding hydrogens is 212 g/mol. The summed E-state index contributed by atoms with van der Waals surface area (Å²) in [5.74, 6) is 0. The van der Waals surface area contributed by atoms with Crippen LogP contribution in [0.5, 0.6) is 0 Å². The van der Waals surface area contributed by atoms with E-state index in [1.807, 2.05) is 0 Å². The van der Waals surface area contributed by atoms with E-state index < -0.39 is 9.84 Å². The van der Waals surface area contributed by atoms with Gasteiger partial charge in [-0.15, -0.1) is 0 Å². The van der Waals surface area contributed by atoms with Crippen LogP contribution < -0.4 is 0 Å². The molecule has 0 saturated carbocycles. The Morgan fingerprint density at radius 1 is 0.800 bits per heavy atom. The topological polar surface area (TPSA) is 59.9 Å². The molecule has 0 aliphatic heterocycles. The molecule has 0 aromatic carbocycles. The summed E-state index contributed by atoms with van der Waals surface area (Å²) in [7, 11) is -3.56. The molecule has 0 atom stereocenters. The zero-order valence-corrected chi connectivity index (χ0v) is 8.55. The minimum absolute atomic E-state index is 0.0173. The Bertz CT molecular complexity index is 493. The molecule has 15 heavy (non-hydrogen) atoms. The van der Waals surface area contributed by atoms with Crippen molar-refractivity contribution in [1.82, 2.24) is 9.97 Å². The van der Waals surface area contributed by atoms with Crippen molar-refractivity contribution in [3.8, 4) is 0 Å². The summed E-state index contributed by atoms with van der Waals surface area (Å²) in [6.07, 6.45) is 2.88. The number of hydrogen-bond donors (Lipinski definition) is 0. The third kappa shape index (κ3) is 1.87. The number of rotatable bonds is 2. The van der Waals surface area contributed by atoms with Gasteiger partial charge in [-0.2, -0.15) is 0 Å². The van der Waals surface area contributed by atoms with Gasteiger partial charge in [0.1, 0.15) is 0 Å². The van der Waals surface area contributed by atoms with Crippen molar-refractivity contribution >= 4 is 9.84 Å². The molecule has 2 aromatic heterocycles. The maximum atomic E-state index is 11.9. The van der Waals surface area contributed by atoms with Crippen molar-refractivity contribution in [2.24, 2.45) is 0 Å². The summed E-state index contributed by atoms with van der Waals surface area (Å²) in [6, 6.07) is 9.48. The highest BCUT2D eigenvalue weighted by molar-refractivity contribution is 7.91. The molecule has 0 unspecified atom stereocenters. The van der Waals surface area contributed by atoms with Gasteiger partial charge in [-0.05, 0) is 24.3 Å². The first-order valence-corrected chi connectivity index (χ1v) is 5.77. The fraction of sp³-hybridized carbons (Fsp3) is 0. The van der Waals surface area contributed by atoms with Gasteiger partial charge in [-0.3, -0.25) is 0 Å². The summed E-state index contributed by atoms with van der Waals surface area (Å²) in [4.78, 5) is 7.60. The monoisotopic (exact) mass is 220 g/mol. The van der Waals surface area contributed by atoms with Crippen LogP contribution in [-0.2, 0) is 9.84 Å². The molecule has 0 radical (unpaired) electrons. The van der Waals surface area contributed by atoms with Gasteiger partial charge in [0.05, 0.1) is 0 Å². The molecule has 2 heterocycles. The van der Waals surface area contributed by atoms with Crippen molar-refractivity contribution < 1.29 is 8.42 Å². The Morgan fingerprint density at radius 2 is 1.27 bits per heavy atom. The second-order valence-electron chi connectivity index (χ2n) is 2.84. The molecule has 0 saturated heterocycles. The molecular formula is C10H8N2O2S. The zero-order valence-electron chi connectivity index (χ0n) is 7.74. The highest BCUT2D eigenvalue weighted by Gasteiger charge is 2.19. The maximum Gasteiger partial charge on any atom is 0.241 e. The molecule has 0 N–H and O–H groups in total. The van der Waals surface area contributed by atoms with Crippen LogP contribution in [-0.4, -0.2) is 18.4 Å². The van der Waals surface area contributed by atoms with Crippen LogP contribution in [0.15, 0.2) is 58.8 Å². The van der Waals surface area contributed by atoms with E-state index in [9.17, 15) is 8.42 Å². The van der Waals surface area contributed by atoms with Gasteiger partial charge in [0.25, 0.3) is 0 Å². The van der Waals surface area contributed by atoms with E-state index in [0.717, 1.165) is 0 Å². The van der Waals surface area contributed by atoms with Crippen molar-refractivity contribution in [2.45, 2.75) is 10.1 Å². The van der Waals surface area contributed by atoms with Gasteiger partial charge in [0, 0.05) is 12.4 Å². The van der Waals surface area contributed by atoms with E-state index in [4.69, 9.17) is 0 Å². The molecule has 0 aliphatic rings. The highest BCUT2D eigenvalue weighted by atomic mass is 32.2. The Labute approximate surface area is 87.6 Å². The number of sulfone groups is 1. The van der Waals surface area contributed by atoms with Gasteiger partial charge in [-0.1, -0.05) is 12.1 Å². The second-order valence-corrected chi connectivity index (χ2v) is 4.68. The van der Waals surface area contributed by atoms with Gasteiger partial charge in [0.15, 0.2) is 10.1 Å². The van der Waals surface area contributed by atoms with Gasteiger partial charge in [-0.25, -0.2) is 18.4 Å². The Balaban J connectivity index is 2.55. The maximum absolute atomic E-state index is 11.9. The normalized spacial score (nSPS) is 11.2. The van der Waals surface area contributed by atoms with E-state index in [2.05, 4.69) is 9.97 Å². The predicted octanol–water partition coefficient (Wildman–Crippen LogP) is 1.31. The molecule has 0 amide bonds. The van der Waals surface area contributed by atoms with Crippen molar-refractivity contribution in [3.63, 3.8) is 0 Å². The molecule has 76 valence electrons. The summed E-state index contributed by atoms with van der Waals surface area (Å²) in [5.41, 5.74) is 0. The molecule has 4 nitrogen and oxygen atoms in total. The standard InChI is InChI=1S/C10H8N2O2S/c13-15(14,9-5-1-3-7-11-9)10-6-2-4-8-12-10/h1-8H. The van der Waals surface area contributed by atoms with Crippen LogP contribution in [0.4, 0.5) is 0 Å². The molecule has 0 aliphatic carbocycles. The summed E-state index contributed by atoms with van der Waals surface area (Å²) in [6.45, 7) is 0. The zero-order chi connectivity index (χ0) is 10.7. The first-order valence-electron chi connectivity index (χ1n) is 4.28. The summed E-state index contributed by atoms with van der Waals surface area (Å²) >= 11 is 0. The average Bonchev–Trinajstić information content (AvgIpc) is 2.31. The molecule has 2 rings (SSSR count). The lowest BCUT2D eigenvalue weighted by Crippen LogP contribution is -2.05. The average molecular weight is 220 g/mol. The van der Waals surface area contributed by atoms with Crippen LogP contribution in [0.25, 0.3) is 0 Å². The van der Waals surface area contributed by atoms with Crippen molar-refractivity contribution in [2.75, 3.05) is 0 Å². The second kappa shape index (κ2) is 3.78. The van der Waals surface area contributed by atoms with Crippen molar-refractivity contribution in [1.29, 1.82) is 0 Å². The lowest BCUT2D eigenvalue weighted by atomic mass is 10.5. The van der Waals surface area contributed by atoms with E-state index in [1.54, 1.807) is 24.3 Å². The summed E-state index contributed by atoms with van der Waals surface area (Å²) in [5, 5.41) is 0.0346. The van der Waals surface area contributed by atoms with Crippen LogP contribution in [0.1, 0.15) is 0 Å². The third-order valence-corrected chi connectivity index (χ3v) is 3.41. The lowest BCUT2D eigenvalue weighted by molar-refractivity contribution is 0.588. The smallest absolute Gasteiger partial charge is 0.241 e. The third-order valence-electron chi connectivity index (χ3n) is 1.83. The van der Waals surface area contributed by atoms with Gasteiger partial charge < -0.3 is 0 Å². The van der Waals surface area contributed by atoms with Gasteiger partial charge >= 0.3 is 0 Å². The fourth-order valence-corrected chi connectivity index (χ4v) is 2.25. The Morgan fingerprint density at radius 3 is 1.60 bits per heavy atom. The van der Waals surface area contributed by atoms with Gasteiger partial charge in [0.2, 0.25) is 9.84 Å². The van der Waals surface area contributed by atoms with Crippen LogP contribution in [0.3, 0.4) is 0 Å². The lowest BCUT2D eigenvalue weighted by Gasteiger charge is -2.00. The van der Waals surface area contributed by atoms with Crippen LogP contribution in [0, 0.1) is 0 Å². The Kier molecular flexibility index (Phi) is 2.47. The first-order chi connectivity index (χ1) is 7.21. The quantitative estimate of drug-likeness (QED) is 0.765. The Hall–Kier alpha value is -1.75. The number of nitrogens with zero attached hydrogens (tertiary/aromatic N) is 2. The SMILES string of the molecule is O=S(=O)(c1ccccn1)c1ccccn1. The summed E-state index contributed by atoms with van der Waals surface area (Å²) < 4.78 is 23.8. The number of aromatic nitrogens is 2. The van der Waals surface area contributed by atoms with E-state index in [1.165, 1.54) is 24.5 Å². The predicted molar refractivity (Wildman–Crippen MR) is 53.9 cm³/mol. The molecule has 2 aromatic rings. The number of hydrogen-bond acceptors (Lipinski definition) is 4. The van der Waals surface area contributed by atoms with Crippen LogP contribution in [0.2, 0.25) is 0 Å². The highest BCUT2D eigenvalue weighted by Crippen LogP contribution is 2.14. The van der Waals surface area contributed by atoms with Crippen LogP contribution >= 0.6 is 0 Å². The van der Waals surface area contributed by atoms with E-state index in [-0.39, 0.29) is 10.1 Å². The molecule has 5 heteroatoms. The largest absolute Gasteiger partial charge is 0.244 e. The fourth-order valence-electron chi connectivity index (χ4n) is 1.12. The van der Waals surface area contributed by atoms with E-state index in [0.29, 0.717) is 0 Å². The van der Waals surface area contributed by atoms with Crippen molar-refractivity contribution in [3.05, 3.63) is 48.8 Å².